The molecule has 0 atom stereocenters. The Morgan fingerprint density at radius 1 is 1.26 bits per heavy atom. The van der Waals surface area contributed by atoms with Crippen LogP contribution in [0.2, 0.25) is 0 Å². The van der Waals surface area contributed by atoms with E-state index in [1.807, 2.05) is 0 Å². The third-order valence-corrected chi connectivity index (χ3v) is 3.39. The zero-order chi connectivity index (χ0) is 14.0. The summed E-state index contributed by atoms with van der Waals surface area (Å²) in [6.07, 6.45) is 0. The van der Waals surface area contributed by atoms with Crippen LogP contribution in [0.5, 0.6) is 0 Å². The van der Waals surface area contributed by atoms with Crippen LogP contribution < -0.4 is 5.32 Å². The summed E-state index contributed by atoms with van der Waals surface area (Å²) in [5.74, 6) is -1.11. The molecule has 1 aromatic heterocycles. The second kappa shape index (κ2) is 5.63. The molecule has 0 saturated heterocycles. The highest BCUT2D eigenvalue weighted by Gasteiger charge is 2.31. The summed E-state index contributed by atoms with van der Waals surface area (Å²) in [5.41, 5.74) is 1.33. The van der Waals surface area contributed by atoms with Gasteiger partial charge in [0.2, 0.25) is 0 Å². The van der Waals surface area contributed by atoms with Crippen molar-refractivity contribution in [2.24, 2.45) is 0 Å². The molecule has 1 aromatic carbocycles. The van der Waals surface area contributed by atoms with E-state index >= 15 is 0 Å². The number of nitrogens with one attached hydrogen (secondary N) is 1. The lowest BCUT2D eigenvalue weighted by Crippen LogP contribution is -2.26. The highest BCUT2D eigenvalue weighted by Crippen LogP contribution is 2.30. The Morgan fingerprint density at radius 2 is 1.89 bits per heavy atom. The quantitative estimate of drug-likeness (QED) is 0.831. The fourth-order valence-electron chi connectivity index (χ4n) is 1.25. The van der Waals surface area contributed by atoms with Gasteiger partial charge in [0, 0.05) is 10.9 Å². The lowest BCUT2D eigenvalue weighted by Gasteiger charge is -2.08. The van der Waals surface area contributed by atoms with Crippen molar-refractivity contribution in [3.63, 3.8) is 0 Å². The van der Waals surface area contributed by atoms with Crippen LogP contribution in [0.1, 0.15) is 0 Å². The Morgan fingerprint density at radius 3 is 2.47 bits per heavy atom. The molecular formula is C11H6Cl3FN2OS. The highest BCUT2D eigenvalue weighted by atomic mass is 35.6. The van der Waals surface area contributed by atoms with E-state index in [0.717, 1.165) is 5.56 Å². The summed E-state index contributed by atoms with van der Waals surface area (Å²) in [6, 6.07) is 5.83. The zero-order valence-corrected chi connectivity index (χ0v) is 12.2. The molecule has 0 aliphatic carbocycles. The van der Waals surface area contributed by atoms with Gasteiger partial charge in [-0.3, -0.25) is 10.1 Å². The van der Waals surface area contributed by atoms with E-state index in [-0.39, 0.29) is 5.82 Å². The minimum absolute atomic E-state index is 0.302. The van der Waals surface area contributed by atoms with Gasteiger partial charge in [0.15, 0.2) is 5.13 Å². The molecule has 8 heteroatoms. The number of hydrogen-bond acceptors (Lipinski definition) is 3. The van der Waals surface area contributed by atoms with E-state index in [0.29, 0.717) is 10.8 Å². The van der Waals surface area contributed by atoms with Crippen LogP contribution in [0.25, 0.3) is 11.3 Å². The highest BCUT2D eigenvalue weighted by molar-refractivity contribution is 7.14. The number of hydrogen-bond donors (Lipinski definition) is 1. The molecule has 0 fully saturated rings. The van der Waals surface area contributed by atoms with Gasteiger partial charge in [-0.25, -0.2) is 9.37 Å². The van der Waals surface area contributed by atoms with Crippen molar-refractivity contribution in [1.29, 1.82) is 0 Å². The van der Waals surface area contributed by atoms with Crippen molar-refractivity contribution >= 4 is 57.2 Å². The second-order valence-corrected chi connectivity index (χ2v) is 6.64. The van der Waals surface area contributed by atoms with Crippen molar-refractivity contribution in [2.75, 3.05) is 5.32 Å². The van der Waals surface area contributed by atoms with Gasteiger partial charge >= 0.3 is 0 Å². The van der Waals surface area contributed by atoms with Crippen LogP contribution in [0.4, 0.5) is 9.52 Å². The average Bonchev–Trinajstić information content (AvgIpc) is 2.77. The van der Waals surface area contributed by atoms with Gasteiger partial charge in [0.05, 0.1) is 5.69 Å². The average molecular weight is 340 g/mol. The summed E-state index contributed by atoms with van der Waals surface area (Å²) >= 11 is 17.5. The van der Waals surface area contributed by atoms with Gasteiger partial charge in [0.25, 0.3) is 9.70 Å². The van der Waals surface area contributed by atoms with E-state index < -0.39 is 9.70 Å². The Hall–Kier alpha value is -0.880. The second-order valence-electron chi connectivity index (χ2n) is 3.50. The van der Waals surface area contributed by atoms with E-state index in [2.05, 4.69) is 10.3 Å². The number of anilines is 1. The van der Waals surface area contributed by atoms with Gasteiger partial charge in [-0.2, -0.15) is 0 Å². The minimum atomic E-state index is -2.04. The summed E-state index contributed by atoms with van der Waals surface area (Å²) in [6.45, 7) is 0. The maximum atomic E-state index is 12.8. The molecule has 100 valence electrons. The molecule has 0 saturated carbocycles. The topological polar surface area (TPSA) is 42.0 Å². The molecule has 1 N–H and O–H groups in total. The van der Waals surface area contributed by atoms with Crippen LogP contribution in [0.3, 0.4) is 0 Å². The smallest absolute Gasteiger partial charge is 0.278 e. The third-order valence-electron chi connectivity index (χ3n) is 2.12. The third kappa shape index (κ3) is 3.79. The van der Waals surface area contributed by atoms with Gasteiger partial charge in [0.1, 0.15) is 5.82 Å². The number of benzene rings is 1. The first-order valence-electron chi connectivity index (χ1n) is 4.96. The molecule has 1 heterocycles. The monoisotopic (exact) mass is 338 g/mol. The summed E-state index contributed by atoms with van der Waals surface area (Å²) in [5, 5.41) is 4.39. The molecule has 0 bridgehead atoms. The molecule has 0 aliphatic rings. The fraction of sp³-hybridized carbons (Fsp3) is 0.0909. The molecule has 2 rings (SSSR count). The van der Waals surface area contributed by atoms with Gasteiger partial charge in [-0.05, 0) is 24.3 Å². The van der Waals surface area contributed by atoms with Crippen LogP contribution in [0, 0.1) is 5.82 Å². The number of rotatable bonds is 2. The first-order chi connectivity index (χ1) is 8.86. The predicted molar refractivity (Wildman–Crippen MR) is 76.4 cm³/mol. The fourth-order valence-corrected chi connectivity index (χ4v) is 2.11. The summed E-state index contributed by atoms with van der Waals surface area (Å²) in [7, 11) is 0. The van der Waals surface area contributed by atoms with Crippen molar-refractivity contribution in [3.05, 3.63) is 35.5 Å². The standard InChI is InChI=1S/C11H6Cl3FN2OS/c12-11(13,14)9(18)17-10-16-8(5-19-10)6-1-3-7(15)4-2-6/h1-5H,(H,16,17,18). The lowest BCUT2D eigenvalue weighted by atomic mass is 10.2. The van der Waals surface area contributed by atoms with E-state index in [1.165, 1.54) is 23.5 Å². The molecular weight excluding hydrogens is 334 g/mol. The molecule has 3 nitrogen and oxygen atoms in total. The summed E-state index contributed by atoms with van der Waals surface area (Å²) < 4.78 is 10.8. The minimum Gasteiger partial charge on any atom is -0.298 e. The molecule has 19 heavy (non-hydrogen) atoms. The number of halogens is 4. The Labute approximate surface area is 127 Å². The number of aromatic nitrogens is 1. The number of carbonyl (C=O) groups excluding carboxylic acids is 1. The molecule has 0 radical (unpaired) electrons. The lowest BCUT2D eigenvalue weighted by molar-refractivity contribution is -0.115. The number of amides is 1. The number of alkyl halides is 3. The van der Waals surface area contributed by atoms with Crippen LogP contribution in [-0.4, -0.2) is 14.7 Å². The van der Waals surface area contributed by atoms with E-state index in [9.17, 15) is 9.18 Å². The Balaban J connectivity index is 2.16. The van der Waals surface area contributed by atoms with Crippen molar-refractivity contribution < 1.29 is 9.18 Å². The maximum Gasteiger partial charge on any atom is 0.278 e. The maximum absolute atomic E-state index is 12.8. The predicted octanol–water partition coefficient (Wildman–Crippen LogP) is 4.26. The van der Waals surface area contributed by atoms with E-state index in [1.54, 1.807) is 17.5 Å². The zero-order valence-electron chi connectivity index (χ0n) is 9.16. The van der Waals surface area contributed by atoms with Gasteiger partial charge in [-0.15, -0.1) is 11.3 Å². The largest absolute Gasteiger partial charge is 0.298 e. The van der Waals surface area contributed by atoms with Gasteiger partial charge < -0.3 is 0 Å². The molecule has 1 amide bonds. The Kier molecular flexibility index (Phi) is 4.30. The number of nitrogens with zero attached hydrogens (tertiary/aromatic N) is 1. The van der Waals surface area contributed by atoms with Crippen molar-refractivity contribution in [2.45, 2.75) is 3.79 Å². The van der Waals surface area contributed by atoms with Crippen molar-refractivity contribution in [3.8, 4) is 11.3 Å². The van der Waals surface area contributed by atoms with Gasteiger partial charge in [-0.1, -0.05) is 34.8 Å². The SMILES string of the molecule is O=C(Nc1nc(-c2ccc(F)cc2)cs1)C(Cl)(Cl)Cl. The van der Waals surface area contributed by atoms with Crippen LogP contribution >= 0.6 is 46.1 Å². The molecule has 0 unspecified atom stereocenters. The molecule has 2 aromatic rings. The first-order valence-corrected chi connectivity index (χ1v) is 6.97. The number of thiazole rings is 1. The molecule has 0 spiro atoms. The normalized spacial score (nSPS) is 11.4. The van der Waals surface area contributed by atoms with Crippen LogP contribution in [0.15, 0.2) is 29.6 Å². The molecule has 0 aliphatic heterocycles. The first kappa shape index (κ1) is 14.5. The van der Waals surface area contributed by atoms with Crippen molar-refractivity contribution in [1.82, 2.24) is 4.98 Å². The number of carbonyl (C=O) groups is 1. The van der Waals surface area contributed by atoms with E-state index in [4.69, 9.17) is 34.8 Å². The van der Waals surface area contributed by atoms with Crippen LogP contribution in [-0.2, 0) is 4.79 Å². The summed E-state index contributed by atoms with van der Waals surface area (Å²) in [4.78, 5) is 15.6. The Bertz CT molecular complexity index is 595.